The number of aromatic nitrogens is 2. The summed E-state index contributed by atoms with van der Waals surface area (Å²) in [6.07, 6.45) is 1.71. The minimum absolute atomic E-state index is 0.0659. The number of nitrogens with two attached hydrogens (primary N) is 1. The van der Waals surface area contributed by atoms with E-state index in [9.17, 15) is 10.1 Å². The highest BCUT2D eigenvalue weighted by atomic mass is 16.6. The molecule has 106 valence electrons. The summed E-state index contributed by atoms with van der Waals surface area (Å²) in [6.45, 7) is 3.70. The molecule has 1 unspecified atom stereocenters. The van der Waals surface area contributed by atoms with E-state index in [-0.39, 0.29) is 11.7 Å². The van der Waals surface area contributed by atoms with E-state index in [1.54, 1.807) is 19.1 Å². The lowest BCUT2D eigenvalue weighted by atomic mass is 10.1. The van der Waals surface area contributed by atoms with Gasteiger partial charge in [-0.2, -0.15) is 4.98 Å². The molecular weight excluding hydrogens is 260 g/mol. The molecule has 2 rings (SSSR count). The second-order valence-corrected chi connectivity index (χ2v) is 4.61. The Balaban J connectivity index is 2.28. The molecule has 0 aliphatic heterocycles. The van der Waals surface area contributed by atoms with Crippen LogP contribution in [0.1, 0.15) is 37.2 Å². The number of hydrogen-bond donors (Lipinski definition) is 1. The van der Waals surface area contributed by atoms with Crippen LogP contribution in [0.25, 0.3) is 11.5 Å². The minimum atomic E-state index is -0.421. The van der Waals surface area contributed by atoms with Gasteiger partial charge in [-0.25, -0.2) is 0 Å². The monoisotopic (exact) mass is 276 g/mol. The molecule has 0 radical (unpaired) electrons. The van der Waals surface area contributed by atoms with Crippen LogP contribution >= 0.6 is 0 Å². The Morgan fingerprint density at radius 2 is 2.25 bits per heavy atom. The van der Waals surface area contributed by atoms with E-state index in [0.717, 1.165) is 12.8 Å². The maximum absolute atomic E-state index is 10.8. The zero-order valence-electron chi connectivity index (χ0n) is 11.4. The first-order valence-corrected chi connectivity index (χ1v) is 6.37. The molecule has 0 bridgehead atoms. The molecule has 7 nitrogen and oxygen atoms in total. The third-order valence-corrected chi connectivity index (χ3v) is 3.01. The molecule has 0 aliphatic carbocycles. The van der Waals surface area contributed by atoms with Crippen molar-refractivity contribution in [2.24, 2.45) is 5.73 Å². The number of nitrogens with zero attached hydrogens (tertiary/aromatic N) is 3. The largest absolute Gasteiger partial charge is 0.334 e. The Labute approximate surface area is 115 Å². The van der Waals surface area contributed by atoms with Crippen molar-refractivity contribution < 1.29 is 9.45 Å². The first-order valence-electron chi connectivity index (χ1n) is 6.37. The Morgan fingerprint density at radius 1 is 1.50 bits per heavy atom. The summed E-state index contributed by atoms with van der Waals surface area (Å²) in [7, 11) is 0. The summed E-state index contributed by atoms with van der Waals surface area (Å²) in [5, 5.41) is 14.6. The van der Waals surface area contributed by atoms with Crippen LogP contribution in [0, 0.1) is 17.0 Å². The molecule has 1 aromatic carbocycles. The van der Waals surface area contributed by atoms with E-state index in [1.807, 2.05) is 6.92 Å². The summed E-state index contributed by atoms with van der Waals surface area (Å²) >= 11 is 0. The van der Waals surface area contributed by atoms with Crippen molar-refractivity contribution in [3.05, 3.63) is 39.7 Å². The van der Waals surface area contributed by atoms with Crippen molar-refractivity contribution in [1.29, 1.82) is 0 Å². The van der Waals surface area contributed by atoms with Crippen molar-refractivity contribution >= 4 is 5.69 Å². The van der Waals surface area contributed by atoms with Crippen molar-refractivity contribution in [3.8, 4) is 11.5 Å². The van der Waals surface area contributed by atoms with Crippen LogP contribution in [0.15, 0.2) is 22.7 Å². The van der Waals surface area contributed by atoms with Gasteiger partial charge in [0.05, 0.1) is 11.0 Å². The van der Waals surface area contributed by atoms with Crippen LogP contribution in [-0.4, -0.2) is 15.1 Å². The van der Waals surface area contributed by atoms with Gasteiger partial charge in [-0.1, -0.05) is 18.5 Å². The van der Waals surface area contributed by atoms with E-state index in [2.05, 4.69) is 10.1 Å². The van der Waals surface area contributed by atoms with Gasteiger partial charge in [-0.15, -0.1) is 0 Å². The van der Waals surface area contributed by atoms with Crippen LogP contribution < -0.4 is 5.73 Å². The van der Waals surface area contributed by atoms with E-state index in [0.29, 0.717) is 22.8 Å². The second-order valence-electron chi connectivity index (χ2n) is 4.61. The van der Waals surface area contributed by atoms with Gasteiger partial charge >= 0.3 is 0 Å². The third kappa shape index (κ3) is 2.83. The average molecular weight is 276 g/mol. The molecule has 0 saturated carbocycles. The quantitative estimate of drug-likeness (QED) is 0.664. The van der Waals surface area contributed by atoms with Gasteiger partial charge in [-0.3, -0.25) is 10.1 Å². The molecule has 20 heavy (non-hydrogen) atoms. The summed E-state index contributed by atoms with van der Waals surface area (Å²) in [5.41, 5.74) is 7.18. The number of benzene rings is 1. The summed E-state index contributed by atoms with van der Waals surface area (Å²) in [6, 6.07) is 4.42. The third-order valence-electron chi connectivity index (χ3n) is 3.01. The fraction of sp³-hybridized carbons (Fsp3) is 0.385. The molecule has 0 spiro atoms. The SMILES string of the molecule is CCCC(N)c1noc(-c2ccc([N+](=O)[O-])c(C)c2)n1. The van der Waals surface area contributed by atoms with Crippen LogP contribution in [0.5, 0.6) is 0 Å². The highest BCUT2D eigenvalue weighted by molar-refractivity contribution is 5.58. The van der Waals surface area contributed by atoms with Gasteiger partial charge in [-0.05, 0) is 25.5 Å². The lowest BCUT2D eigenvalue weighted by Gasteiger charge is -2.02. The van der Waals surface area contributed by atoms with Crippen LogP contribution in [0.4, 0.5) is 5.69 Å². The minimum Gasteiger partial charge on any atom is -0.334 e. The van der Waals surface area contributed by atoms with Crippen molar-refractivity contribution in [1.82, 2.24) is 10.1 Å². The predicted octanol–water partition coefficient (Wildman–Crippen LogP) is 2.75. The molecule has 1 atom stereocenters. The molecule has 7 heteroatoms. The maximum atomic E-state index is 10.8. The lowest BCUT2D eigenvalue weighted by Crippen LogP contribution is -2.11. The lowest BCUT2D eigenvalue weighted by molar-refractivity contribution is -0.385. The van der Waals surface area contributed by atoms with E-state index < -0.39 is 4.92 Å². The fourth-order valence-electron chi connectivity index (χ4n) is 1.94. The smallest absolute Gasteiger partial charge is 0.272 e. The van der Waals surface area contributed by atoms with Gasteiger partial charge in [0, 0.05) is 17.2 Å². The van der Waals surface area contributed by atoms with Crippen molar-refractivity contribution in [3.63, 3.8) is 0 Å². The number of nitro benzene ring substituents is 1. The van der Waals surface area contributed by atoms with Gasteiger partial charge in [0.25, 0.3) is 11.6 Å². The normalized spacial score (nSPS) is 12.3. The Kier molecular flexibility index (Phi) is 4.09. The number of rotatable bonds is 5. The van der Waals surface area contributed by atoms with Crippen molar-refractivity contribution in [2.45, 2.75) is 32.7 Å². The number of aryl methyl sites for hydroxylation is 1. The van der Waals surface area contributed by atoms with Gasteiger partial charge in [0.15, 0.2) is 5.82 Å². The van der Waals surface area contributed by atoms with Gasteiger partial charge < -0.3 is 10.3 Å². The Morgan fingerprint density at radius 3 is 2.85 bits per heavy atom. The van der Waals surface area contributed by atoms with Gasteiger partial charge in [0.2, 0.25) is 0 Å². The van der Waals surface area contributed by atoms with Crippen LogP contribution in [-0.2, 0) is 0 Å². The van der Waals surface area contributed by atoms with E-state index in [1.165, 1.54) is 6.07 Å². The second kappa shape index (κ2) is 5.79. The summed E-state index contributed by atoms with van der Waals surface area (Å²) < 4.78 is 5.16. The maximum Gasteiger partial charge on any atom is 0.272 e. The first kappa shape index (κ1) is 14.1. The molecule has 1 aromatic heterocycles. The van der Waals surface area contributed by atoms with Crippen molar-refractivity contribution in [2.75, 3.05) is 0 Å². The number of nitro groups is 1. The van der Waals surface area contributed by atoms with Gasteiger partial charge in [0.1, 0.15) is 0 Å². The van der Waals surface area contributed by atoms with E-state index in [4.69, 9.17) is 10.3 Å². The molecule has 1 heterocycles. The Hall–Kier alpha value is -2.28. The highest BCUT2D eigenvalue weighted by Gasteiger charge is 2.17. The van der Waals surface area contributed by atoms with E-state index >= 15 is 0 Å². The predicted molar refractivity (Wildman–Crippen MR) is 73.0 cm³/mol. The zero-order valence-corrected chi connectivity index (χ0v) is 11.4. The molecule has 0 aliphatic rings. The topological polar surface area (TPSA) is 108 Å². The Bertz CT molecular complexity index is 624. The molecule has 0 saturated heterocycles. The zero-order chi connectivity index (χ0) is 14.7. The van der Waals surface area contributed by atoms with Crippen LogP contribution in [0.2, 0.25) is 0 Å². The molecular formula is C13H16N4O3. The first-order chi connectivity index (χ1) is 9.52. The molecule has 2 N–H and O–H groups in total. The standard InChI is InChI=1S/C13H16N4O3/c1-3-4-10(14)12-15-13(20-16-12)9-5-6-11(17(18)19)8(2)7-9/h5-7,10H,3-4,14H2,1-2H3. The molecule has 2 aromatic rings. The summed E-state index contributed by atoms with van der Waals surface area (Å²) in [5.74, 6) is 0.780. The van der Waals surface area contributed by atoms with Crippen LogP contribution in [0.3, 0.4) is 0 Å². The fourth-order valence-corrected chi connectivity index (χ4v) is 1.94. The number of hydrogen-bond acceptors (Lipinski definition) is 6. The average Bonchev–Trinajstić information content (AvgIpc) is 2.88. The summed E-state index contributed by atoms with van der Waals surface area (Å²) in [4.78, 5) is 14.6. The molecule has 0 fully saturated rings. The highest BCUT2D eigenvalue weighted by Crippen LogP contribution is 2.25. The molecule has 0 amide bonds.